The fraction of sp³-hybridized carbons (Fsp3) is 0.417. The third-order valence-electron chi connectivity index (χ3n) is 2.50. The largest absolute Gasteiger partial charge is 0.507 e. The summed E-state index contributed by atoms with van der Waals surface area (Å²) >= 11 is 6.55. The molecule has 5 heteroatoms. The van der Waals surface area contributed by atoms with Gasteiger partial charge in [-0.1, -0.05) is 29.8 Å². The summed E-state index contributed by atoms with van der Waals surface area (Å²) in [6.45, 7) is 4.09. The topological polar surface area (TPSA) is 49.3 Å². The number of nitrogens with one attached hydrogen (secondary N) is 1. The van der Waals surface area contributed by atoms with E-state index >= 15 is 0 Å². The van der Waals surface area contributed by atoms with Gasteiger partial charge in [-0.05, 0) is 40.0 Å². The number of amides is 1. The Morgan fingerprint density at radius 3 is 2.59 bits per heavy atom. The second kappa shape index (κ2) is 6.40. The minimum atomic E-state index is -0.175. The number of phenols is 1. The van der Waals surface area contributed by atoms with Crippen molar-refractivity contribution >= 4 is 37.8 Å². The maximum atomic E-state index is 11.9. The molecule has 1 rings (SSSR count). The zero-order chi connectivity index (χ0) is 13.0. The molecule has 0 saturated heterocycles. The van der Waals surface area contributed by atoms with Gasteiger partial charge < -0.3 is 10.4 Å². The normalized spacial score (nSPS) is 12.5. The van der Waals surface area contributed by atoms with Crippen LogP contribution in [0.1, 0.15) is 24.2 Å². The molecule has 0 spiro atoms. The molecule has 0 aliphatic heterocycles. The summed E-state index contributed by atoms with van der Waals surface area (Å²) < 4.78 is 0.579. The summed E-state index contributed by atoms with van der Waals surface area (Å²) in [4.78, 5) is 11.9. The molecule has 0 bridgehead atoms. The zero-order valence-corrected chi connectivity index (χ0v) is 12.9. The van der Waals surface area contributed by atoms with E-state index in [2.05, 4.69) is 37.2 Å². The average molecular weight is 365 g/mol. The molecule has 0 aromatic heterocycles. The van der Waals surface area contributed by atoms with E-state index < -0.39 is 0 Å². The number of hydrogen-bond donors (Lipinski definition) is 2. The molecule has 1 unspecified atom stereocenters. The molecule has 2 N–H and O–H groups in total. The average Bonchev–Trinajstić information content (AvgIpc) is 2.28. The number of hydrogen-bond acceptors (Lipinski definition) is 2. The summed E-state index contributed by atoms with van der Waals surface area (Å²) in [5.41, 5.74) is 0.456. The number of alkyl halides is 1. The van der Waals surface area contributed by atoms with Crippen molar-refractivity contribution < 1.29 is 9.90 Å². The van der Waals surface area contributed by atoms with Crippen molar-refractivity contribution in [3.8, 4) is 5.75 Å². The van der Waals surface area contributed by atoms with Crippen molar-refractivity contribution in [3.05, 3.63) is 28.2 Å². The first-order chi connectivity index (χ1) is 7.95. The zero-order valence-electron chi connectivity index (χ0n) is 9.71. The van der Waals surface area contributed by atoms with E-state index in [0.29, 0.717) is 21.3 Å². The number of phenolic OH excluding ortho intramolecular Hbond substituents is 1. The van der Waals surface area contributed by atoms with Gasteiger partial charge in [0.15, 0.2) is 0 Å². The van der Waals surface area contributed by atoms with Crippen LogP contribution in [0, 0.1) is 5.92 Å². The van der Waals surface area contributed by atoms with Gasteiger partial charge in [0.05, 0.1) is 4.47 Å². The molecular formula is C12H15Br2NO2. The second-order valence-electron chi connectivity index (χ2n) is 4.14. The van der Waals surface area contributed by atoms with Crippen LogP contribution in [0.5, 0.6) is 5.75 Å². The summed E-state index contributed by atoms with van der Waals surface area (Å²) in [6, 6.07) is 4.85. The molecule has 94 valence electrons. The Bertz CT molecular complexity index is 407. The van der Waals surface area contributed by atoms with Crippen LogP contribution in [-0.2, 0) is 0 Å². The fourth-order valence-electron chi connectivity index (χ4n) is 1.29. The van der Waals surface area contributed by atoms with Crippen LogP contribution in [0.15, 0.2) is 22.7 Å². The molecule has 1 aromatic rings. The molecule has 1 atom stereocenters. The van der Waals surface area contributed by atoms with Crippen LogP contribution >= 0.6 is 31.9 Å². The fourth-order valence-corrected chi connectivity index (χ4v) is 2.45. The minimum absolute atomic E-state index is 0.0672. The van der Waals surface area contributed by atoms with Gasteiger partial charge in [0, 0.05) is 16.9 Å². The molecule has 0 radical (unpaired) electrons. The first-order valence-corrected chi connectivity index (χ1v) is 7.22. The first kappa shape index (κ1) is 14.5. The Labute approximate surface area is 118 Å². The lowest BCUT2D eigenvalue weighted by molar-refractivity contribution is 0.0931. The molecule has 0 heterocycles. The van der Waals surface area contributed by atoms with Crippen molar-refractivity contribution in [1.29, 1.82) is 0 Å². The second-order valence-corrected chi connectivity index (χ2v) is 5.65. The highest BCUT2D eigenvalue weighted by Gasteiger charge is 2.16. The van der Waals surface area contributed by atoms with Gasteiger partial charge in [0.1, 0.15) is 5.75 Å². The highest BCUT2D eigenvalue weighted by Crippen LogP contribution is 2.24. The lowest BCUT2D eigenvalue weighted by atomic mass is 10.1. The smallest absolute Gasteiger partial charge is 0.251 e. The van der Waals surface area contributed by atoms with Crippen LogP contribution in [0.3, 0.4) is 0 Å². The van der Waals surface area contributed by atoms with Crippen LogP contribution in [-0.4, -0.2) is 22.4 Å². The highest BCUT2D eigenvalue weighted by atomic mass is 79.9. The van der Waals surface area contributed by atoms with Crippen molar-refractivity contribution in [2.75, 3.05) is 5.33 Å². The van der Waals surface area contributed by atoms with Gasteiger partial charge in [-0.25, -0.2) is 0 Å². The van der Waals surface area contributed by atoms with Crippen molar-refractivity contribution in [3.63, 3.8) is 0 Å². The Hall–Kier alpha value is -0.550. The molecular weight excluding hydrogens is 350 g/mol. The molecule has 1 aromatic carbocycles. The highest BCUT2D eigenvalue weighted by molar-refractivity contribution is 9.10. The van der Waals surface area contributed by atoms with Crippen LogP contribution < -0.4 is 5.32 Å². The summed E-state index contributed by atoms with van der Waals surface area (Å²) in [5, 5.41) is 13.1. The predicted octanol–water partition coefficient (Wildman–Crippen LogP) is 3.30. The predicted molar refractivity (Wildman–Crippen MR) is 75.7 cm³/mol. The van der Waals surface area contributed by atoms with Crippen LogP contribution in [0.4, 0.5) is 0 Å². The van der Waals surface area contributed by atoms with E-state index in [9.17, 15) is 9.90 Å². The monoisotopic (exact) mass is 363 g/mol. The van der Waals surface area contributed by atoms with Gasteiger partial charge in [-0.3, -0.25) is 4.79 Å². The van der Waals surface area contributed by atoms with Gasteiger partial charge in [-0.15, -0.1) is 0 Å². The maximum absolute atomic E-state index is 11.9. The summed E-state index contributed by atoms with van der Waals surface area (Å²) in [6.07, 6.45) is 0. The summed E-state index contributed by atoms with van der Waals surface area (Å²) in [7, 11) is 0. The van der Waals surface area contributed by atoms with Gasteiger partial charge in [-0.2, -0.15) is 0 Å². The molecule has 1 amide bonds. The van der Waals surface area contributed by atoms with E-state index in [1.54, 1.807) is 12.1 Å². The van der Waals surface area contributed by atoms with E-state index in [4.69, 9.17) is 0 Å². The van der Waals surface area contributed by atoms with Crippen molar-refractivity contribution in [1.82, 2.24) is 5.32 Å². The number of carbonyl (C=O) groups is 1. The van der Waals surface area contributed by atoms with Gasteiger partial charge >= 0.3 is 0 Å². The molecule has 0 aliphatic carbocycles. The Morgan fingerprint density at radius 2 is 2.12 bits per heavy atom. The van der Waals surface area contributed by atoms with E-state index in [1.165, 1.54) is 6.07 Å². The quantitative estimate of drug-likeness (QED) is 0.805. The lowest BCUT2D eigenvalue weighted by Gasteiger charge is -2.20. The maximum Gasteiger partial charge on any atom is 0.251 e. The Balaban J connectivity index is 2.79. The van der Waals surface area contributed by atoms with Gasteiger partial charge in [0.25, 0.3) is 5.91 Å². The van der Waals surface area contributed by atoms with Crippen LogP contribution in [0.2, 0.25) is 0 Å². The molecule has 0 saturated carbocycles. The third kappa shape index (κ3) is 4.00. The Kier molecular flexibility index (Phi) is 5.46. The SMILES string of the molecule is CC(C)C(CBr)NC(=O)c1ccc(Br)c(O)c1. The number of halogens is 2. The van der Waals surface area contributed by atoms with E-state index in [0.717, 1.165) is 0 Å². The standard InChI is InChI=1S/C12H15Br2NO2/c1-7(2)10(6-13)15-12(17)8-3-4-9(14)11(16)5-8/h3-5,7,10,16H,6H2,1-2H3,(H,15,17). The van der Waals surface area contributed by atoms with E-state index in [-0.39, 0.29) is 17.7 Å². The van der Waals surface area contributed by atoms with E-state index in [1.807, 2.05) is 13.8 Å². The molecule has 17 heavy (non-hydrogen) atoms. The Morgan fingerprint density at radius 1 is 1.47 bits per heavy atom. The van der Waals surface area contributed by atoms with Crippen molar-refractivity contribution in [2.45, 2.75) is 19.9 Å². The number of aromatic hydroxyl groups is 1. The van der Waals surface area contributed by atoms with Crippen molar-refractivity contribution in [2.24, 2.45) is 5.92 Å². The first-order valence-electron chi connectivity index (χ1n) is 5.31. The molecule has 0 fully saturated rings. The third-order valence-corrected chi connectivity index (χ3v) is 3.86. The number of rotatable bonds is 4. The number of carbonyl (C=O) groups excluding carboxylic acids is 1. The summed E-state index contributed by atoms with van der Waals surface area (Å²) in [5.74, 6) is 0.242. The van der Waals surface area contributed by atoms with Gasteiger partial charge in [0.2, 0.25) is 0 Å². The molecule has 0 aliphatic rings. The molecule has 3 nitrogen and oxygen atoms in total. The number of benzene rings is 1. The van der Waals surface area contributed by atoms with Crippen LogP contribution in [0.25, 0.3) is 0 Å². The minimum Gasteiger partial charge on any atom is -0.507 e. The lowest BCUT2D eigenvalue weighted by Crippen LogP contribution is -2.39.